The molecule has 1 aromatic carbocycles. The Morgan fingerprint density at radius 2 is 2.13 bits per heavy atom. The first-order valence-corrected chi connectivity index (χ1v) is 4.31. The first-order chi connectivity index (χ1) is 7.15. The maximum Gasteiger partial charge on any atom is 0.339 e. The van der Waals surface area contributed by atoms with E-state index in [4.69, 9.17) is 5.11 Å². The molecule has 0 aliphatic rings. The second-order valence-corrected chi connectivity index (χ2v) is 2.89. The summed E-state index contributed by atoms with van der Waals surface area (Å²) < 4.78 is 0. The molecule has 0 unspecified atom stereocenters. The molecule has 0 atom stereocenters. The van der Waals surface area contributed by atoms with E-state index in [0.29, 0.717) is 12.0 Å². The zero-order valence-corrected chi connectivity index (χ0v) is 7.88. The monoisotopic (exact) mass is 206 g/mol. The molecule has 0 saturated carbocycles. The van der Waals surface area contributed by atoms with E-state index in [2.05, 4.69) is 0 Å². The fourth-order valence-corrected chi connectivity index (χ4v) is 1.09. The Hall–Kier alpha value is -2.10. The van der Waals surface area contributed by atoms with E-state index in [1.807, 2.05) is 0 Å². The van der Waals surface area contributed by atoms with Crippen LogP contribution in [0, 0.1) is 0 Å². The topological polar surface area (TPSA) is 74.6 Å². The Bertz CT molecular complexity index is 407. The van der Waals surface area contributed by atoms with Gasteiger partial charge in [-0.25, -0.2) is 4.79 Å². The molecule has 78 valence electrons. The van der Waals surface area contributed by atoms with Crippen molar-refractivity contribution in [2.45, 2.75) is 6.42 Å². The van der Waals surface area contributed by atoms with Crippen molar-refractivity contribution in [1.82, 2.24) is 0 Å². The van der Waals surface area contributed by atoms with Crippen molar-refractivity contribution in [1.29, 1.82) is 0 Å². The van der Waals surface area contributed by atoms with Gasteiger partial charge in [-0.15, -0.1) is 0 Å². The number of aldehydes is 1. The van der Waals surface area contributed by atoms with Gasteiger partial charge in [0.25, 0.3) is 0 Å². The van der Waals surface area contributed by atoms with Crippen molar-refractivity contribution < 1.29 is 19.8 Å². The molecule has 4 nitrogen and oxygen atoms in total. The third kappa shape index (κ3) is 2.95. The quantitative estimate of drug-likeness (QED) is 0.735. The maximum absolute atomic E-state index is 10.6. The van der Waals surface area contributed by atoms with Crippen molar-refractivity contribution in [3.05, 3.63) is 35.4 Å². The number of phenols is 1. The first kappa shape index (κ1) is 11.0. The third-order valence-electron chi connectivity index (χ3n) is 1.79. The summed E-state index contributed by atoms with van der Waals surface area (Å²) in [6.45, 7) is 0. The van der Waals surface area contributed by atoms with Crippen LogP contribution >= 0.6 is 0 Å². The van der Waals surface area contributed by atoms with Crippen LogP contribution in [0.3, 0.4) is 0 Å². The molecule has 0 spiro atoms. The zero-order chi connectivity index (χ0) is 11.3. The lowest BCUT2D eigenvalue weighted by Crippen LogP contribution is -1.96. The first-order valence-electron chi connectivity index (χ1n) is 4.31. The van der Waals surface area contributed by atoms with Crippen LogP contribution in [0.2, 0.25) is 0 Å². The average Bonchev–Trinajstić information content (AvgIpc) is 2.17. The molecule has 0 aliphatic heterocycles. The summed E-state index contributed by atoms with van der Waals surface area (Å²) in [6.07, 6.45) is 4.31. The van der Waals surface area contributed by atoms with Gasteiger partial charge in [-0.3, -0.25) is 0 Å². The molecule has 0 fully saturated rings. The molecular formula is C11H10O4. The molecule has 2 N–H and O–H groups in total. The van der Waals surface area contributed by atoms with Crippen LogP contribution in [-0.2, 0) is 4.79 Å². The van der Waals surface area contributed by atoms with Gasteiger partial charge in [0.05, 0.1) is 0 Å². The van der Waals surface area contributed by atoms with Crippen LogP contribution in [-0.4, -0.2) is 22.5 Å². The minimum Gasteiger partial charge on any atom is -0.507 e. The number of allylic oxidation sites excluding steroid dienone is 1. The SMILES string of the molecule is O=CCC=Cc1ccc(C(=O)O)c(O)c1. The van der Waals surface area contributed by atoms with Crippen molar-refractivity contribution in [2.24, 2.45) is 0 Å². The van der Waals surface area contributed by atoms with E-state index in [0.717, 1.165) is 6.29 Å². The van der Waals surface area contributed by atoms with Crippen molar-refractivity contribution in [3.8, 4) is 5.75 Å². The lowest BCUT2D eigenvalue weighted by atomic mass is 10.1. The highest BCUT2D eigenvalue weighted by Gasteiger charge is 2.08. The number of hydrogen-bond donors (Lipinski definition) is 2. The van der Waals surface area contributed by atoms with Gasteiger partial charge >= 0.3 is 5.97 Å². The second kappa shape index (κ2) is 4.95. The third-order valence-corrected chi connectivity index (χ3v) is 1.79. The van der Waals surface area contributed by atoms with Crippen LogP contribution < -0.4 is 0 Å². The van der Waals surface area contributed by atoms with Crippen LogP contribution in [0.5, 0.6) is 5.75 Å². The highest BCUT2D eigenvalue weighted by atomic mass is 16.4. The minimum absolute atomic E-state index is 0.137. The molecule has 0 amide bonds. The molecule has 1 rings (SSSR count). The van der Waals surface area contributed by atoms with E-state index in [1.165, 1.54) is 12.1 Å². The molecule has 15 heavy (non-hydrogen) atoms. The number of rotatable bonds is 4. The lowest BCUT2D eigenvalue weighted by molar-refractivity contribution is -0.107. The number of aromatic carboxylic acids is 1. The van der Waals surface area contributed by atoms with Gasteiger partial charge in [-0.2, -0.15) is 0 Å². The molecule has 1 aromatic rings. The Morgan fingerprint density at radius 1 is 1.40 bits per heavy atom. The van der Waals surface area contributed by atoms with E-state index in [1.54, 1.807) is 18.2 Å². The number of hydrogen-bond acceptors (Lipinski definition) is 3. The fourth-order valence-electron chi connectivity index (χ4n) is 1.09. The van der Waals surface area contributed by atoms with E-state index >= 15 is 0 Å². The molecule has 0 aromatic heterocycles. The number of carbonyl (C=O) groups excluding carboxylic acids is 1. The number of aromatic hydroxyl groups is 1. The largest absolute Gasteiger partial charge is 0.507 e. The smallest absolute Gasteiger partial charge is 0.339 e. The Balaban J connectivity index is 2.91. The Morgan fingerprint density at radius 3 is 2.67 bits per heavy atom. The van der Waals surface area contributed by atoms with Crippen molar-refractivity contribution in [3.63, 3.8) is 0 Å². The summed E-state index contributed by atoms with van der Waals surface area (Å²) in [5, 5.41) is 18.0. The fraction of sp³-hybridized carbons (Fsp3) is 0.0909. The zero-order valence-electron chi connectivity index (χ0n) is 7.88. The van der Waals surface area contributed by atoms with Gasteiger partial charge in [0.2, 0.25) is 0 Å². The molecule has 0 bridgehead atoms. The van der Waals surface area contributed by atoms with Gasteiger partial charge in [-0.05, 0) is 17.7 Å². The maximum atomic E-state index is 10.6. The summed E-state index contributed by atoms with van der Waals surface area (Å²) in [7, 11) is 0. The summed E-state index contributed by atoms with van der Waals surface area (Å²) in [5.74, 6) is -1.45. The highest BCUT2D eigenvalue weighted by molar-refractivity contribution is 5.91. The minimum atomic E-state index is -1.17. The Labute approximate surface area is 86.5 Å². The molecule has 0 heterocycles. The number of carbonyl (C=O) groups is 2. The normalized spacial score (nSPS) is 10.4. The predicted molar refractivity (Wildman–Crippen MR) is 54.8 cm³/mol. The molecular weight excluding hydrogens is 196 g/mol. The number of carboxylic acid groups (broad SMARTS) is 1. The summed E-state index contributed by atoms with van der Waals surface area (Å²) in [4.78, 5) is 20.6. The highest BCUT2D eigenvalue weighted by Crippen LogP contribution is 2.19. The molecule has 0 radical (unpaired) electrons. The summed E-state index contributed by atoms with van der Waals surface area (Å²) in [5.41, 5.74) is 0.516. The van der Waals surface area contributed by atoms with Gasteiger partial charge in [0.1, 0.15) is 17.6 Å². The number of carboxylic acids is 1. The average molecular weight is 206 g/mol. The van der Waals surface area contributed by atoms with Gasteiger partial charge in [0.15, 0.2) is 0 Å². The van der Waals surface area contributed by atoms with Crippen molar-refractivity contribution in [2.75, 3.05) is 0 Å². The summed E-state index contributed by atoms with van der Waals surface area (Å²) in [6, 6.07) is 4.22. The van der Waals surface area contributed by atoms with E-state index in [9.17, 15) is 14.7 Å². The lowest BCUT2D eigenvalue weighted by Gasteiger charge is -2.00. The number of benzene rings is 1. The van der Waals surface area contributed by atoms with E-state index in [-0.39, 0.29) is 11.3 Å². The summed E-state index contributed by atoms with van der Waals surface area (Å²) >= 11 is 0. The second-order valence-electron chi connectivity index (χ2n) is 2.89. The Kier molecular flexibility index (Phi) is 3.62. The van der Waals surface area contributed by atoms with Gasteiger partial charge < -0.3 is 15.0 Å². The van der Waals surface area contributed by atoms with Gasteiger partial charge in [-0.1, -0.05) is 18.2 Å². The van der Waals surface area contributed by atoms with Crippen LogP contribution in [0.1, 0.15) is 22.3 Å². The van der Waals surface area contributed by atoms with E-state index < -0.39 is 5.97 Å². The van der Waals surface area contributed by atoms with Crippen LogP contribution in [0.15, 0.2) is 24.3 Å². The van der Waals surface area contributed by atoms with Crippen LogP contribution in [0.4, 0.5) is 0 Å². The van der Waals surface area contributed by atoms with Gasteiger partial charge in [0, 0.05) is 6.42 Å². The standard InChI is InChI=1S/C11H10O4/c12-6-2-1-3-8-4-5-9(11(14)15)10(13)7-8/h1,3-7,13H,2H2,(H,14,15). The molecule has 0 aliphatic carbocycles. The van der Waals surface area contributed by atoms with Crippen LogP contribution in [0.25, 0.3) is 6.08 Å². The van der Waals surface area contributed by atoms with Crippen molar-refractivity contribution >= 4 is 18.3 Å². The molecule has 4 heteroatoms. The predicted octanol–water partition coefficient (Wildman–Crippen LogP) is 1.69. The molecule has 0 saturated heterocycles.